The molecule has 1 unspecified atom stereocenters. The molecule has 1 N–H and O–H groups in total. The Hall–Kier alpha value is -0.400. The van der Waals surface area contributed by atoms with E-state index in [1.165, 1.54) is 0 Å². The first-order valence-corrected chi connectivity index (χ1v) is 4.88. The number of nitriles is 1. The maximum Gasteiger partial charge on any atom is 0.0635 e. The van der Waals surface area contributed by atoms with Crippen LogP contribution < -0.4 is 5.32 Å². The molecule has 58 valence electrons. The van der Waals surface area contributed by atoms with Crippen LogP contribution in [0.4, 0.5) is 0 Å². The van der Waals surface area contributed by atoms with Gasteiger partial charge in [-0.05, 0) is 0 Å². The highest BCUT2D eigenvalue weighted by Crippen LogP contribution is 1.73. The predicted molar refractivity (Wildman–Crippen MR) is 42.0 cm³/mol. The van der Waals surface area contributed by atoms with Gasteiger partial charge in [0.15, 0.2) is 0 Å². The Morgan fingerprint density at radius 2 is 2.30 bits per heavy atom. The number of rotatable bonds is 5. The van der Waals surface area contributed by atoms with Gasteiger partial charge in [-0.25, -0.2) is 0 Å². The smallest absolute Gasteiger partial charge is 0.0635 e. The zero-order valence-corrected chi connectivity index (χ0v) is 6.91. The van der Waals surface area contributed by atoms with Crippen LogP contribution in [-0.4, -0.2) is 29.3 Å². The molecule has 4 heteroatoms. The van der Waals surface area contributed by atoms with Gasteiger partial charge in [0.05, 0.1) is 6.07 Å². The topological polar surface area (TPSA) is 52.9 Å². The third-order valence-electron chi connectivity index (χ3n) is 0.980. The minimum Gasteiger partial charge on any atom is -0.315 e. The number of hydrogen-bond acceptors (Lipinski definition) is 3. The fourth-order valence-corrected chi connectivity index (χ4v) is 0.917. The van der Waals surface area contributed by atoms with E-state index >= 15 is 0 Å². The molecule has 0 saturated heterocycles. The van der Waals surface area contributed by atoms with Gasteiger partial charge in [-0.15, -0.1) is 0 Å². The molecule has 0 rings (SSSR count). The second-order valence-corrected chi connectivity index (χ2v) is 3.49. The van der Waals surface area contributed by atoms with Crippen molar-refractivity contribution < 1.29 is 4.21 Å². The molecule has 0 spiro atoms. The van der Waals surface area contributed by atoms with E-state index in [9.17, 15) is 4.21 Å². The summed E-state index contributed by atoms with van der Waals surface area (Å²) in [6.45, 7) is 1.44. The number of nitrogens with one attached hydrogen (secondary N) is 1. The first-order valence-electron chi connectivity index (χ1n) is 3.15. The van der Waals surface area contributed by atoms with Crippen LogP contribution in [0.5, 0.6) is 0 Å². The molecule has 10 heavy (non-hydrogen) atoms. The molecular weight excluding hydrogens is 148 g/mol. The summed E-state index contributed by atoms with van der Waals surface area (Å²) in [6.07, 6.45) is 2.20. The van der Waals surface area contributed by atoms with Crippen LogP contribution >= 0.6 is 0 Å². The molecule has 0 aliphatic carbocycles. The summed E-state index contributed by atoms with van der Waals surface area (Å²) in [5.41, 5.74) is 0. The normalized spacial score (nSPS) is 12.4. The highest BCUT2D eigenvalue weighted by molar-refractivity contribution is 7.84. The molecule has 0 fully saturated rings. The molecular formula is C6H12N2OS. The summed E-state index contributed by atoms with van der Waals surface area (Å²) in [6, 6.07) is 2.02. The van der Waals surface area contributed by atoms with E-state index in [0.29, 0.717) is 18.7 Å². The average Bonchev–Trinajstić information content (AvgIpc) is 1.87. The van der Waals surface area contributed by atoms with Crippen molar-refractivity contribution in [3.05, 3.63) is 0 Å². The van der Waals surface area contributed by atoms with Crippen molar-refractivity contribution >= 4 is 10.8 Å². The lowest BCUT2D eigenvalue weighted by molar-refractivity contribution is 0.678. The van der Waals surface area contributed by atoms with E-state index < -0.39 is 10.8 Å². The molecule has 0 amide bonds. The highest BCUT2D eigenvalue weighted by atomic mass is 32.2. The van der Waals surface area contributed by atoms with Crippen molar-refractivity contribution in [3.8, 4) is 6.07 Å². The van der Waals surface area contributed by atoms with Crippen LogP contribution in [0.3, 0.4) is 0 Å². The van der Waals surface area contributed by atoms with Gasteiger partial charge in [0, 0.05) is 42.3 Å². The van der Waals surface area contributed by atoms with Crippen molar-refractivity contribution in [2.24, 2.45) is 0 Å². The summed E-state index contributed by atoms with van der Waals surface area (Å²) in [7, 11) is -0.716. The van der Waals surface area contributed by atoms with E-state index in [0.717, 1.165) is 6.54 Å². The average molecular weight is 160 g/mol. The van der Waals surface area contributed by atoms with Crippen molar-refractivity contribution in [1.82, 2.24) is 5.32 Å². The Morgan fingerprint density at radius 3 is 2.80 bits per heavy atom. The van der Waals surface area contributed by atoms with Crippen LogP contribution in [0, 0.1) is 11.3 Å². The van der Waals surface area contributed by atoms with Gasteiger partial charge in [0.1, 0.15) is 0 Å². The molecule has 0 aromatic carbocycles. The lowest BCUT2D eigenvalue weighted by atomic mass is 10.5. The second kappa shape index (κ2) is 6.72. The van der Waals surface area contributed by atoms with Crippen LogP contribution in [-0.2, 0) is 10.8 Å². The van der Waals surface area contributed by atoms with E-state index in [4.69, 9.17) is 5.26 Å². The first-order chi connectivity index (χ1) is 4.77. The maximum absolute atomic E-state index is 10.5. The van der Waals surface area contributed by atoms with E-state index in [2.05, 4.69) is 5.32 Å². The van der Waals surface area contributed by atoms with Gasteiger partial charge < -0.3 is 5.32 Å². The molecule has 0 aliphatic heterocycles. The number of nitrogens with zero attached hydrogens (tertiary/aromatic N) is 1. The summed E-state index contributed by atoms with van der Waals surface area (Å²) in [4.78, 5) is 0. The van der Waals surface area contributed by atoms with Gasteiger partial charge in [0.2, 0.25) is 0 Å². The van der Waals surface area contributed by atoms with Crippen molar-refractivity contribution in [1.29, 1.82) is 5.26 Å². The van der Waals surface area contributed by atoms with Crippen molar-refractivity contribution in [2.45, 2.75) is 6.42 Å². The molecule has 0 saturated carbocycles. The van der Waals surface area contributed by atoms with Gasteiger partial charge in [0.25, 0.3) is 0 Å². The van der Waals surface area contributed by atoms with E-state index in [-0.39, 0.29) is 0 Å². The minimum absolute atomic E-state index is 0.524. The SMILES string of the molecule is CS(=O)CCNCCC#N. The van der Waals surface area contributed by atoms with Gasteiger partial charge in [-0.1, -0.05) is 0 Å². The maximum atomic E-state index is 10.5. The highest BCUT2D eigenvalue weighted by Gasteiger charge is 1.89. The zero-order valence-electron chi connectivity index (χ0n) is 6.09. The van der Waals surface area contributed by atoms with Gasteiger partial charge in [-0.2, -0.15) is 5.26 Å². The Kier molecular flexibility index (Phi) is 6.45. The van der Waals surface area contributed by atoms with E-state index in [1.54, 1.807) is 6.26 Å². The molecule has 0 aliphatic rings. The molecule has 0 aromatic heterocycles. The summed E-state index contributed by atoms with van der Waals surface area (Å²) in [5.74, 6) is 0.672. The van der Waals surface area contributed by atoms with Crippen molar-refractivity contribution in [2.75, 3.05) is 25.1 Å². The molecule has 0 aromatic rings. The third kappa shape index (κ3) is 7.60. The summed E-state index contributed by atoms with van der Waals surface area (Å²) < 4.78 is 10.5. The quantitative estimate of drug-likeness (QED) is 0.570. The van der Waals surface area contributed by atoms with Crippen LogP contribution in [0.2, 0.25) is 0 Å². The summed E-state index contributed by atoms with van der Waals surface area (Å²) in [5, 5.41) is 11.1. The Labute approximate surface area is 63.9 Å². The number of hydrogen-bond donors (Lipinski definition) is 1. The lowest BCUT2D eigenvalue weighted by Gasteiger charge is -1.97. The van der Waals surface area contributed by atoms with Crippen molar-refractivity contribution in [3.63, 3.8) is 0 Å². The Bertz CT molecular complexity index is 141. The van der Waals surface area contributed by atoms with E-state index in [1.807, 2.05) is 6.07 Å². The van der Waals surface area contributed by atoms with Crippen LogP contribution in [0.25, 0.3) is 0 Å². The Balaban J connectivity index is 2.92. The zero-order chi connectivity index (χ0) is 7.82. The monoisotopic (exact) mass is 160 g/mol. The van der Waals surface area contributed by atoms with Gasteiger partial charge in [-0.3, -0.25) is 4.21 Å². The molecule has 3 nitrogen and oxygen atoms in total. The lowest BCUT2D eigenvalue weighted by Crippen LogP contribution is -2.20. The third-order valence-corrected chi connectivity index (χ3v) is 1.76. The molecule has 0 heterocycles. The minimum atomic E-state index is -0.716. The molecule has 1 atom stereocenters. The van der Waals surface area contributed by atoms with Crippen LogP contribution in [0.15, 0.2) is 0 Å². The molecule has 0 bridgehead atoms. The van der Waals surface area contributed by atoms with Gasteiger partial charge >= 0.3 is 0 Å². The Morgan fingerprint density at radius 1 is 1.60 bits per heavy atom. The predicted octanol–water partition coefficient (Wildman–Crippen LogP) is -0.132. The first kappa shape index (κ1) is 9.60. The second-order valence-electron chi connectivity index (χ2n) is 1.94. The largest absolute Gasteiger partial charge is 0.315 e. The van der Waals surface area contributed by atoms with Crippen LogP contribution in [0.1, 0.15) is 6.42 Å². The standard InChI is InChI=1S/C6H12N2OS/c1-10(9)6-5-8-4-2-3-7/h8H,2,4-6H2,1H3. The molecule has 0 radical (unpaired) electrons. The fourth-order valence-electron chi connectivity index (χ4n) is 0.485. The summed E-state index contributed by atoms with van der Waals surface area (Å²) >= 11 is 0. The fraction of sp³-hybridized carbons (Fsp3) is 0.833.